The van der Waals surface area contributed by atoms with Gasteiger partial charge in [0.2, 0.25) is 10.0 Å². The Balaban J connectivity index is 1.75. The molecule has 2 N–H and O–H groups in total. The van der Waals surface area contributed by atoms with Crippen molar-refractivity contribution in [1.82, 2.24) is 4.72 Å². The number of amides is 1. The molecule has 0 unspecified atom stereocenters. The van der Waals surface area contributed by atoms with Crippen molar-refractivity contribution in [2.24, 2.45) is 0 Å². The van der Waals surface area contributed by atoms with Gasteiger partial charge in [0.25, 0.3) is 5.91 Å². The van der Waals surface area contributed by atoms with Gasteiger partial charge in [0.05, 0.1) is 18.4 Å². The zero-order valence-electron chi connectivity index (χ0n) is 16.5. The molecule has 0 aliphatic rings. The summed E-state index contributed by atoms with van der Waals surface area (Å²) in [5.74, 6) is -0.532. The van der Waals surface area contributed by atoms with Crippen LogP contribution in [0.15, 0.2) is 47.4 Å². The van der Waals surface area contributed by atoms with Crippen molar-refractivity contribution in [2.75, 3.05) is 25.6 Å². The smallest absolute Gasteiger partial charge is 0.307 e. The van der Waals surface area contributed by atoms with E-state index in [1.54, 1.807) is 43.3 Å². The number of anilines is 1. The monoisotopic (exact) mass is 420 g/mol. The van der Waals surface area contributed by atoms with Crippen molar-refractivity contribution in [3.05, 3.63) is 53.6 Å². The highest BCUT2D eigenvalue weighted by Crippen LogP contribution is 2.16. The highest BCUT2D eigenvalue weighted by atomic mass is 32.2. The maximum atomic E-state index is 12.3. The van der Waals surface area contributed by atoms with Gasteiger partial charge in [-0.1, -0.05) is 17.7 Å². The van der Waals surface area contributed by atoms with Crippen LogP contribution in [0, 0.1) is 13.8 Å². The summed E-state index contributed by atoms with van der Waals surface area (Å²) in [7, 11) is -2.19. The van der Waals surface area contributed by atoms with Gasteiger partial charge in [-0.05, 0) is 49.7 Å². The van der Waals surface area contributed by atoms with Crippen molar-refractivity contribution < 1.29 is 27.5 Å². The van der Waals surface area contributed by atoms with Crippen LogP contribution in [-0.4, -0.2) is 40.6 Å². The fraction of sp³-hybridized carbons (Fsp3) is 0.300. The van der Waals surface area contributed by atoms with Crippen LogP contribution in [0.25, 0.3) is 0 Å². The van der Waals surface area contributed by atoms with Crippen LogP contribution in [0.3, 0.4) is 0 Å². The Morgan fingerprint density at radius 3 is 2.34 bits per heavy atom. The number of carbonyl (C=O) groups excluding carboxylic acids is 2. The average molecular weight is 420 g/mol. The lowest BCUT2D eigenvalue weighted by atomic mass is 10.2. The molecule has 2 aromatic rings. The molecule has 9 heteroatoms. The van der Waals surface area contributed by atoms with E-state index < -0.39 is 28.5 Å². The van der Waals surface area contributed by atoms with Gasteiger partial charge in [-0.15, -0.1) is 0 Å². The molecule has 29 heavy (non-hydrogen) atoms. The molecular weight excluding hydrogens is 396 g/mol. The highest BCUT2D eigenvalue weighted by Gasteiger charge is 2.17. The molecule has 0 bridgehead atoms. The third-order valence-electron chi connectivity index (χ3n) is 3.98. The second-order valence-corrected chi connectivity index (χ2v) is 8.09. The highest BCUT2D eigenvalue weighted by molar-refractivity contribution is 7.89. The summed E-state index contributed by atoms with van der Waals surface area (Å²) in [5, 5.41) is 2.58. The molecule has 1 amide bonds. The number of esters is 1. The van der Waals surface area contributed by atoms with Gasteiger partial charge >= 0.3 is 5.97 Å². The van der Waals surface area contributed by atoms with E-state index in [-0.39, 0.29) is 17.9 Å². The first kappa shape index (κ1) is 22.4. The molecule has 0 atom stereocenters. The third kappa shape index (κ3) is 6.88. The van der Waals surface area contributed by atoms with Gasteiger partial charge in [0.1, 0.15) is 5.75 Å². The maximum absolute atomic E-state index is 12.3. The van der Waals surface area contributed by atoms with Crippen molar-refractivity contribution >= 4 is 27.6 Å². The molecule has 2 rings (SSSR count). The molecule has 0 fully saturated rings. The first-order chi connectivity index (χ1) is 13.7. The van der Waals surface area contributed by atoms with Gasteiger partial charge in [-0.3, -0.25) is 9.59 Å². The van der Waals surface area contributed by atoms with E-state index >= 15 is 0 Å². The summed E-state index contributed by atoms with van der Waals surface area (Å²) in [6, 6.07) is 11.7. The Hall–Kier alpha value is -2.91. The van der Waals surface area contributed by atoms with Crippen molar-refractivity contribution in [3.8, 4) is 5.75 Å². The minimum Gasteiger partial charge on any atom is -0.497 e. The minimum absolute atomic E-state index is 0.130. The van der Waals surface area contributed by atoms with Crippen LogP contribution in [0.1, 0.15) is 17.5 Å². The molecule has 8 nitrogen and oxygen atoms in total. The number of rotatable bonds is 9. The number of ether oxygens (including phenoxy) is 2. The Kier molecular flexibility index (Phi) is 7.74. The Morgan fingerprint density at radius 1 is 1.03 bits per heavy atom. The standard InChI is InChI=1S/C20H24N2O6S/c1-14-4-9-18(15(2)12-14)29(25,26)21-11-10-20(24)28-13-19(23)22-16-5-7-17(27-3)8-6-16/h4-9,12,21H,10-11,13H2,1-3H3,(H,22,23). The Labute approximate surface area is 170 Å². The lowest BCUT2D eigenvalue weighted by Crippen LogP contribution is -2.28. The Morgan fingerprint density at radius 2 is 1.72 bits per heavy atom. The molecule has 0 aromatic heterocycles. The normalized spacial score (nSPS) is 11.0. The first-order valence-corrected chi connectivity index (χ1v) is 10.4. The van der Waals surface area contributed by atoms with Crippen LogP contribution in [0.2, 0.25) is 0 Å². The molecule has 156 valence electrons. The van der Waals surface area contributed by atoms with E-state index in [0.29, 0.717) is 17.0 Å². The van der Waals surface area contributed by atoms with Gasteiger partial charge in [-0.2, -0.15) is 0 Å². The van der Waals surface area contributed by atoms with Crippen LogP contribution in [0.5, 0.6) is 5.75 Å². The van der Waals surface area contributed by atoms with Crippen molar-refractivity contribution in [2.45, 2.75) is 25.2 Å². The summed E-state index contributed by atoms with van der Waals surface area (Å²) in [4.78, 5) is 23.7. The number of carbonyl (C=O) groups is 2. The molecule has 0 saturated carbocycles. The predicted molar refractivity (Wildman–Crippen MR) is 108 cm³/mol. The maximum Gasteiger partial charge on any atom is 0.307 e. The molecule has 0 aliphatic carbocycles. The second kappa shape index (κ2) is 10.0. The number of benzene rings is 2. The molecule has 0 spiro atoms. The molecule has 0 heterocycles. The summed E-state index contributed by atoms with van der Waals surface area (Å²) in [6.45, 7) is 2.98. The van der Waals surface area contributed by atoms with Gasteiger partial charge in [0.15, 0.2) is 6.61 Å². The SMILES string of the molecule is COc1ccc(NC(=O)COC(=O)CCNS(=O)(=O)c2ccc(C)cc2C)cc1. The van der Waals surface area contributed by atoms with Crippen LogP contribution < -0.4 is 14.8 Å². The lowest BCUT2D eigenvalue weighted by Gasteiger charge is -2.10. The van der Waals surface area contributed by atoms with E-state index in [0.717, 1.165) is 5.56 Å². The van der Waals surface area contributed by atoms with E-state index in [4.69, 9.17) is 9.47 Å². The van der Waals surface area contributed by atoms with E-state index in [2.05, 4.69) is 10.0 Å². The number of aryl methyl sites for hydroxylation is 2. The summed E-state index contributed by atoms with van der Waals surface area (Å²) in [5.41, 5.74) is 2.11. The largest absolute Gasteiger partial charge is 0.497 e. The van der Waals surface area contributed by atoms with Crippen molar-refractivity contribution in [3.63, 3.8) is 0 Å². The fourth-order valence-corrected chi connectivity index (χ4v) is 3.81. The topological polar surface area (TPSA) is 111 Å². The molecule has 0 radical (unpaired) electrons. The van der Waals surface area contributed by atoms with E-state index in [1.807, 2.05) is 6.92 Å². The second-order valence-electron chi connectivity index (χ2n) is 6.35. The summed E-state index contributed by atoms with van der Waals surface area (Å²) >= 11 is 0. The number of hydrogen-bond donors (Lipinski definition) is 2. The zero-order valence-corrected chi connectivity index (χ0v) is 17.3. The molecule has 0 saturated heterocycles. The van der Waals surface area contributed by atoms with Crippen LogP contribution in [0.4, 0.5) is 5.69 Å². The fourth-order valence-electron chi connectivity index (χ4n) is 2.56. The molecular formula is C20H24N2O6S. The van der Waals surface area contributed by atoms with Crippen molar-refractivity contribution in [1.29, 1.82) is 0 Å². The lowest BCUT2D eigenvalue weighted by molar-refractivity contribution is -0.147. The van der Waals surface area contributed by atoms with E-state index in [1.165, 1.54) is 13.2 Å². The average Bonchev–Trinajstić information content (AvgIpc) is 2.66. The number of methoxy groups -OCH3 is 1. The number of sulfonamides is 1. The predicted octanol–water partition coefficient (Wildman–Crippen LogP) is 2.16. The van der Waals surface area contributed by atoms with Crippen LogP contribution in [-0.2, 0) is 24.3 Å². The van der Waals surface area contributed by atoms with Gasteiger partial charge in [0, 0.05) is 12.2 Å². The third-order valence-corrected chi connectivity index (χ3v) is 5.60. The first-order valence-electron chi connectivity index (χ1n) is 8.88. The van der Waals surface area contributed by atoms with Crippen LogP contribution >= 0.6 is 0 Å². The van der Waals surface area contributed by atoms with E-state index in [9.17, 15) is 18.0 Å². The number of nitrogens with one attached hydrogen (secondary N) is 2. The quantitative estimate of drug-likeness (QED) is 0.602. The summed E-state index contributed by atoms with van der Waals surface area (Å²) < 4.78 is 36.9. The summed E-state index contributed by atoms with van der Waals surface area (Å²) in [6.07, 6.45) is -0.194. The number of hydrogen-bond acceptors (Lipinski definition) is 6. The molecule has 2 aromatic carbocycles. The zero-order chi connectivity index (χ0) is 21.4. The van der Waals surface area contributed by atoms with Gasteiger partial charge < -0.3 is 14.8 Å². The Bertz CT molecular complexity index is 971. The minimum atomic E-state index is -3.73. The molecule has 0 aliphatic heterocycles. The van der Waals surface area contributed by atoms with Gasteiger partial charge in [-0.25, -0.2) is 13.1 Å².